The summed E-state index contributed by atoms with van der Waals surface area (Å²) in [5.41, 5.74) is 11.0. The van der Waals surface area contributed by atoms with Crippen molar-refractivity contribution in [2.24, 2.45) is 0 Å². The van der Waals surface area contributed by atoms with Crippen LogP contribution in [-0.2, 0) is 0 Å². The first-order valence-electron chi connectivity index (χ1n) is 19.2. The van der Waals surface area contributed by atoms with E-state index in [4.69, 9.17) is 8.83 Å². The van der Waals surface area contributed by atoms with E-state index in [2.05, 4.69) is 198 Å². The second-order valence-corrected chi connectivity index (χ2v) is 14.5. The number of rotatable bonds is 7. The van der Waals surface area contributed by atoms with Crippen LogP contribution in [0.1, 0.15) is 17.9 Å². The Morgan fingerprint density at radius 1 is 0.429 bits per heavy atom. The Labute approximate surface area is 324 Å². The number of nitrogens with zero attached hydrogens (tertiary/aromatic N) is 2. The van der Waals surface area contributed by atoms with Gasteiger partial charge in [0.1, 0.15) is 22.3 Å². The fourth-order valence-corrected chi connectivity index (χ4v) is 8.53. The zero-order chi connectivity index (χ0) is 37.0. The van der Waals surface area contributed by atoms with Gasteiger partial charge in [0.25, 0.3) is 0 Å². The number of furan rings is 2. The van der Waals surface area contributed by atoms with Gasteiger partial charge in [-0.15, -0.1) is 0 Å². The van der Waals surface area contributed by atoms with Crippen LogP contribution in [0.5, 0.6) is 0 Å². The van der Waals surface area contributed by atoms with Gasteiger partial charge in [0.2, 0.25) is 0 Å². The predicted molar refractivity (Wildman–Crippen MR) is 233 cm³/mol. The molecule has 0 N–H and O–H groups in total. The monoisotopic (exact) mass is 720 g/mol. The van der Waals surface area contributed by atoms with Crippen molar-refractivity contribution in [3.63, 3.8) is 0 Å². The van der Waals surface area contributed by atoms with E-state index in [9.17, 15) is 0 Å². The molecular weight excluding hydrogens is 685 g/mol. The van der Waals surface area contributed by atoms with Crippen LogP contribution in [0, 0.1) is 0 Å². The van der Waals surface area contributed by atoms with Crippen LogP contribution in [0.2, 0.25) is 0 Å². The highest BCUT2D eigenvalue weighted by molar-refractivity contribution is 6.18. The Morgan fingerprint density at radius 2 is 1.05 bits per heavy atom. The summed E-state index contributed by atoms with van der Waals surface area (Å²) < 4.78 is 13.4. The lowest BCUT2D eigenvalue weighted by Crippen LogP contribution is -2.18. The van der Waals surface area contributed by atoms with Gasteiger partial charge in [-0.2, -0.15) is 0 Å². The number of benzene rings is 8. The number of anilines is 5. The van der Waals surface area contributed by atoms with E-state index in [-0.39, 0.29) is 0 Å². The van der Waals surface area contributed by atoms with E-state index >= 15 is 0 Å². The van der Waals surface area contributed by atoms with E-state index in [1.165, 1.54) is 10.9 Å². The zero-order valence-electron chi connectivity index (χ0n) is 30.5. The van der Waals surface area contributed by atoms with Crippen molar-refractivity contribution >= 4 is 83.1 Å². The average Bonchev–Trinajstić information content (AvgIpc) is 3.83. The first kappa shape index (κ1) is 32.2. The second-order valence-electron chi connectivity index (χ2n) is 14.5. The minimum Gasteiger partial charge on any atom is -0.456 e. The quantitative estimate of drug-likeness (QED) is 0.164. The Morgan fingerprint density at radius 3 is 1.80 bits per heavy atom. The number of allylic oxidation sites excluding steroid dienone is 3. The molecule has 2 heterocycles. The molecule has 1 aliphatic carbocycles. The Kier molecular flexibility index (Phi) is 7.59. The largest absolute Gasteiger partial charge is 0.456 e. The molecule has 0 radical (unpaired) electrons. The lowest BCUT2D eigenvalue weighted by molar-refractivity contribution is 0.669. The van der Waals surface area contributed by atoms with Crippen LogP contribution >= 0.6 is 0 Å². The van der Waals surface area contributed by atoms with Crippen LogP contribution in [0.4, 0.5) is 28.4 Å². The summed E-state index contributed by atoms with van der Waals surface area (Å²) in [6.07, 6.45) is 7.92. The lowest BCUT2D eigenvalue weighted by atomic mass is 9.91. The van der Waals surface area contributed by atoms with Gasteiger partial charge in [-0.05, 0) is 89.5 Å². The van der Waals surface area contributed by atoms with Gasteiger partial charge in [-0.3, -0.25) is 0 Å². The van der Waals surface area contributed by atoms with Gasteiger partial charge in [-0.25, -0.2) is 0 Å². The molecule has 0 saturated carbocycles. The summed E-state index contributed by atoms with van der Waals surface area (Å²) in [7, 11) is 0. The van der Waals surface area contributed by atoms with Crippen LogP contribution in [0.15, 0.2) is 215 Å². The van der Waals surface area contributed by atoms with E-state index in [0.29, 0.717) is 5.92 Å². The molecule has 0 spiro atoms. The van der Waals surface area contributed by atoms with E-state index in [1.54, 1.807) is 0 Å². The molecule has 0 fully saturated rings. The highest BCUT2D eigenvalue weighted by Gasteiger charge is 2.26. The van der Waals surface area contributed by atoms with Gasteiger partial charge in [0.05, 0.1) is 27.8 Å². The van der Waals surface area contributed by atoms with Crippen LogP contribution in [-0.4, -0.2) is 0 Å². The third-order valence-electron chi connectivity index (χ3n) is 11.1. The highest BCUT2D eigenvalue weighted by Crippen LogP contribution is 2.49. The van der Waals surface area contributed by atoms with Gasteiger partial charge < -0.3 is 18.6 Å². The first-order valence-corrected chi connectivity index (χ1v) is 19.2. The van der Waals surface area contributed by atoms with Crippen molar-refractivity contribution < 1.29 is 8.83 Å². The Hall–Kier alpha value is -7.30. The average molecular weight is 721 g/mol. The lowest BCUT2D eigenvalue weighted by Gasteiger charge is -2.32. The SMILES string of the molecule is C1=CC(c2ccccc2)CC=C1N(c1ccccc1)c1cc(N(c2ccccc2)c2cccc3oc4ccccc4c23)cc2oc3cc4ccccc4cc3c12. The summed E-state index contributed by atoms with van der Waals surface area (Å²) in [6, 6.07) is 64.2. The van der Waals surface area contributed by atoms with Crippen molar-refractivity contribution in [3.05, 3.63) is 211 Å². The van der Waals surface area contributed by atoms with Crippen molar-refractivity contribution in [1.29, 1.82) is 0 Å². The fraction of sp³-hybridized carbons (Fsp3) is 0.0385. The molecule has 0 saturated heterocycles. The number of hydrogen-bond acceptors (Lipinski definition) is 4. The third kappa shape index (κ3) is 5.38. The van der Waals surface area contributed by atoms with Crippen molar-refractivity contribution in [2.75, 3.05) is 9.80 Å². The minimum atomic E-state index is 0.309. The van der Waals surface area contributed by atoms with Gasteiger partial charge in [0, 0.05) is 39.8 Å². The number of hydrogen-bond donors (Lipinski definition) is 0. The van der Waals surface area contributed by atoms with Crippen molar-refractivity contribution in [1.82, 2.24) is 0 Å². The Bertz CT molecular complexity index is 3120. The van der Waals surface area contributed by atoms with E-state index in [1.807, 2.05) is 12.1 Å². The predicted octanol–water partition coefficient (Wildman–Crippen LogP) is 14.9. The molecule has 8 aromatic carbocycles. The molecule has 1 atom stereocenters. The molecule has 10 aromatic rings. The standard InChI is InChI=1S/C52H36N2O2/c1-4-15-35(16-5-1)36-27-29-41(30-28-36)53(39-19-6-2-7-20-39)46-33-42(34-50-52(46)44-31-37-17-10-11-18-38(37)32-49(44)56-50)54(40-21-8-3-9-22-40)45-24-14-26-48-51(45)43-23-12-13-25-47(43)55-48/h1-27,29-34,36H,28H2. The maximum atomic E-state index is 6.95. The molecule has 1 aliphatic rings. The van der Waals surface area contributed by atoms with Crippen molar-refractivity contribution in [2.45, 2.75) is 12.3 Å². The normalized spacial score (nSPS) is 14.2. The summed E-state index contributed by atoms with van der Waals surface area (Å²) in [5, 5.41) is 6.61. The molecule has 0 bridgehead atoms. The van der Waals surface area contributed by atoms with E-state index < -0.39 is 0 Å². The Balaban J connectivity index is 1.20. The summed E-state index contributed by atoms with van der Waals surface area (Å²) in [6.45, 7) is 0. The summed E-state index contributed by atoms with van der Waals surface area (Å²) in [5.74, 6) is 0.309. The van der Waals surface area contributed by atoms with Gasteiger partial charge in [-0.1, -0.05) is 127 Å². The van der Waals surface area contributed by atoms with Crippen LogP contribution < -0.4 is 9.80 Å². The molecule has 4 nitrogen and oxygen atoms in total. The molecular formula is C52H36N2O2. The van der Waals surface area contributed by atoms with Crippen molar-refractivity contribution in [3.8, 4) is 0 Å². The molecule has 1 unspecified atom stereocenters. The van der Waals surface area contributed by atoms with Gasteiger partial charge >= 0.3 is 0 Å². The topological polar surface area (TPSA) is 32.8 Å². The maximum Gasteiger partial charge on any atom is 0.139 e. The van der Waals surface area contributed by atoms with Crippen LogP contribution in [0.25, 0.3) is 54.6 Å². The minimum absolute atomic E-state index is 0.309. The number of fused-ring (bicyclic) bond motifs is 7. The summed E-state index contributed by atoms with van der Waals surface area (Å²) in [4.78, 5) is 4.75. The third-order valence-corrected chi connectivity index (χ3v) is 11.1. The summed E-state index contributed by atoms with van der Waals surface area (Å²) >= 11 is 0. The van der Waals surface area contributed by atoms with Gasteiger partial charge in [0.15, 0.2) is 0 Å². The maximum absolute atomic E-state index is 6.95. The fourth-order valence-electron chi connectivity index (χ4n) is 8.53. The highest BCUT2D eigenvalue weighted by atomic mass is 16.3. The first-order chi connectivity index (χ1) is 27.8. The zero-order valence-corrected chi connectivity index (χ0v) is 30.5. The molecule has 4 heteroatoms. The van der Waals surface area contributed by atoms with E-state index in [0.717, 1.165) is 89.8 Å². The molecule has 0 amide bonds. The molecule has 56 heavy (non-hydrogen) atoms. The molecule has 2 aromatic heterocycles. The van der Waals surface area contributed by atoms with Crippen LogP contribution in [0.3, 0.4) is 0 Å². The molecule has 11 rings (SSSR count). The molecule has 266 valence electrons. The molecule has 0 aliphatic heterocycles. The smallest absolute Gasteiger partial charge is 0.139 e. The second kappa shape index (κ2) is 13.2. The number of para-hydroxylation sites is 3.